The third kappa shape index (κ3) is 3.42. The SMILES string of the molecule is COc1cc(N2CCCCC2)ccc1CC(N)C(=O)O. The number of carboxylic acid groups (broad SMARTS) is 1. The van der Waals surface area contributed by atoms with Crippen LogP contribution in [0.2, 0.25) is 0 Å². The number of piperidine rings is 1. The lowest BCUT2D eigenvalue weighted by Gasteiger charge is -2.29. The van der Waals surface area contributed by atoms with Gasteiger partial charge in [0.2, 0.25) is 0 Å². The van der Waals surface area contributed by atoms with Crippen LogP contribution < -0.4 is 15.4 Å². The monoisotopic (exact) mass is 278 g/mol. The average Bonchev–Trinajstić information content (AvgIpc) is 2.48. The second-order valence-corrected chi connectivity index (χ2v) is 5.19. The first-order valence-electron chi connectivity index (χ1n) is 7.02. The van der Waals surface area contributed by atoms with Crippen molar-refractivity contribution < 1.29 is 14.6 Å². The number of anilines is 1. The smallest absolute Gasteiger partial charge is 0.320 e. The van der Waals surface area contributed by atoms with Gasteiger partial charge in [0.05, 0.1) is 7.11 Å². The van der Waals surface area contributed by atoms with Crippen molar-refractivity contribution in [3.05, 3.63) is 23.8 Å². The van der Waals surface area contributed by atoms with Crippen molar-refractivity contribution in [2.24, 2.45) is 5.73 Å². The van der Waals surface area contributed by atoms with E-state index >= 15 is 0 Å². The van der Waals surface area contributed by atoms with Crippen LogP contribution in [0.3, 0.4) is 0 Å². The predicted molar refractivity (Wildman–Crippen MR) is 78.4 cm³/mol. The Morgan fingerprint density at radius 1 is 1.40 bits per heavy atom. The molecule has 20 heavy (non-hydrogen) atoms. The van der Waals surface area contributed by atoms with Crippen LogP contribution in [0.1, 0.15) is 24.8 Å². The van der Waals surface area contributed by atoms with E-state index in [1.165, 1.54) is 19.3 Å². The number of aliphatic carboxylic acids is 1. The molecule has 1 saturated heterocycles. The molecule has 5 heteroatoms. The molecular weight excluding hydrogens is 256 g/mol. The first kappa shape index (κ1) is 14.7. The van der Waals surface area contributed by atoms with Crippen molar-refractivity contribution in [2.45, 2.75) is 31.7 Å². The van der Waals surface area contributed by atoms with E-state index in [9.17, 15) is 4.79 Å². The molecule has 1 atom stereocenters. The number of hydrogen-bond donors (Lipinski definition) is 2. The van der Waals surface area contributed by atoms with Gasteiger partial charge in [-0.05, 0) is 30.9 Å². The molecule has 1 aliphatic heterocycles. The van der Waals surface area contributed by atoms with E-state index in [2.05, 4.69) is 4.90 Å². The Bertz CT molecular complexity index is 470. The van der Waals surface area contributed by atoms with Crippen LogP contribution in [-0.4, -0.2) is 37.3 Å². The molecule has 0 spiro atoms. The van der Waals surface area contributed by atoms with E-state index in [1.54, 1.807) is 7.11 Å². The zero-order valence-electron chi connectivity index (χ0n) is 11.8. The van der Waals surface area contributed by atoms with E-state index < -0.39 is 12.0 Å². The van der Waals surface area contributed by atoms with Gasteiger partial charge in [-0.3, -0.25) is 4.79 Å². The summed E-state index contributed by atoms with van der Waals surface area (Å²) in [6, 6.07) is 5.03. The topological polar surface area (TPSA) is 75.8 Å². The molecule has 1 fully saturated rings. The van der Waals surface area contributed by atoms with Crippen LogP contribution in [0.4, 0.5) is 5.69 Å². The first-order chi connectivity index (χ1) is 9.61. The highest BCUT2D eigenvalue weighted by molar-refractivity contribution is 5.73. The summed E-state index contributed by atoms with van der Waals surface area (Å²) in [5.74, 6) is -0.281. The Morgan fingerprint density at radius 2 is 2.10 bits per heavy atom. The van der Waals surface area contributed by atoms with Crippen molar-refractivity contribution in [3.8, 4) is 5.75 Å². The summed E-state index contributed by atoms with van der Waals surface area (Å²) in [7, 11) is 1.60. The Balaban J connectivity index is 2.16. The van der Waals surface area contributed by atoms with Gasteiger partial charge in [0.25, 0.3) is 0 Å². The summed E-state index contributed by atoms with van der Waals surface area (Å²) in [5.41, 5.74) is 7.56. The molecular formula is C15H22N2O3. The standard InChI is InChI=1S/C15H22N2O3/c1-20-14-10-12(17-7-3-2-4-8-17)6-5-11(14)9-13(16)15(18)19/h5-6,10,13H,2-4,7-9,16H2,1H3,(H,18,19). The van der Waals surface area contributed by atoms with Crippen molar-refractivity contribution in [1.29, 1.82) is 0 Å². The van der Waals surface area contributed by atoms with Gasteiger partial charge in [0, 0.05) is 31.3 Å². The predicted octanol–water partition coefficient (Wildman–Crippen LogP) is 1.64. The van der Waals surface area contributed by atoms with Crippen molar-refractivity contribution >= 4 is 11.7 Å². The number of ether oxygens (including phenoxy) is 1. The lowest BCUT2D eigenvalue weighted by Crippen LogP contribution is -2.32. The number of carbonyl (C=O) groups is 1. The van der Waals surface area contributed by atoms with E-state index in [0.717, 1.165) is 24.3 Å². The Labute approximate surface area is 119 Å². The normalized spacial score (nSPS) is 16.8. The van der Waals surface area contributed by atoms with Gasteiger partial charge < -0.3 is 20.5 Å². The number of benzene rings is 1. The van der Waals surface area contributed by atoms with E-state index in [4.69, 9.17) is 15.6 Å². The Morgan fingerprint density at radius 3 is 2.70 bits per heavy atom. The zero-order valence-corrected chi connectivity index (χ0v) is 11.8. The largest absolute Gasteiger partial charge is 0.496 e. The first-order valence-corrected chi connectivity index (χ1v) is 7.02. The van der Waals surface area contributed by atoms with Gasteiger partial charge in [0.1, 0.15) is 11.8 Å². The molecule has 0 aromatic heterocycles. The molecule has 0 radical (unpaired) electrons. The fraction of sp³-hybridized carbons (Fsp3) is 0.533. The maximum Gasteiger partial charge on any atom is 0.320 e. The van der Waals surface area contributed by atoms with Crippen LogP contribution >= 0.6 is 0 Å². The van der Waals surface area contributed by atoms with E-state index in [0.29, 0.717) is 5.75 Å². The minimum Gasteiger partial charge on any atom is -0.496 e. The van der Waals surface area contributed by atoms with Gasteiger partial charge in [0.15, 0.2) is 0 Å². The molecule has 5 nitrogen and oxygen atoms in total. The van der Waals surface area contributed by atoms with Crippen LogP contribution in [-0.2, 0) is 11.2 Å². The molecule has 110 valence electrons. The number of carboxylic acids is 1. The molecule has 2 rings (SSSR count). The number of rotatable bonds is 5. The van der Waals surface area contributed by atoms with Gasteiger partial charge >= 0.3 is 5.97 Å². The van der Waals surface area contributed by atoms with Gasteiger partial charge in [-0.1, -0.05) is 6.07 Å². The van der Waals surface area contributed by atoms with Gasteiger partial charge in [-0.15, -0.1) is 0 Å². The highest BCUT2D eigenvalue weighted by atomic mass is 16.5. The number of nitrogens with zero attached hydrogens (tertiary/aromatic N) is 1. The minimum absolute atomic E-state index is 0.277. The van der Waals surface area contributed by atoms with Crippen molar-refractivity contribution in [3.63, 3.8) is 0 Å². The van der Waals surface area contributed by atoms with Crippen LogP contribution in [0.25, 0.3) is 0 Å². The number of methoxy groups -OCH3 is 1. The Kier molecular flexibility index (Phi) is 4.84. The van der Waals surface area contributed by atoms with E-state index in [-0.39, 0.29) is 6.42 Å². The molecule has 0 aliphatic carbocycles. The summed E-state index contributed by atoms with van der Waals surface area (Å²) < 4.78 is 5.38. The second kappa shape index (κ2) is 6.61. The van der Waals surface area contributed by atoms with Crippen LogP contribution in [0, 0.1) is 0 Å². The summed E-state index contributed by atoms with van der Waals surface area (Å²) >= 11 is 0. The minimum atomic E-state index is -0.993. The fourth-order valence-electron chi connectivity index (χ4n) is 2.57. The van der Waals surface area contributed by atoms with Crippen LogP contribution in [0.15, 0.2) is 18.2 Å². The molecule has 0 bridgehead atoms. The summed E-state index contributed by atoms with van der Waals surface area (Å²) in [5, 5.41) is 8.89. The Hall–Kier alpha value is -1.75. The maximum atomic E-state index is 10.8. The van der Waals surface area contributed by atoms with Gasteiger partial charge in [-0.2, -0.15) is 0 Å². The molecule has 3 N–H and O–H groups in total. The molecule has 1 aromatic rings. The van der Waals surface area contributed by atoms with E-state index in [1.807, 2.05) is 18.2 Å². The highest BCUT2D eigenvalue weighted by Gasteiger charge is 2.17. The lowest BCUT2D eigenvalue weighted by molar-refractivity contribution is -0.138. The lowest BCUT2D eigenvalue weighted by atomic mass is 10.0. The molecule has 1 aliphatic rings. The van der Waals surface area contributed by atoms with Crippen molar-refractivity contribution in [1.82, 2.24) is 0 Å². The second-order valence-electron chi connectivity index (χ2n) is 5.19. The highest BCUT2D eigenvalue weighted by Crippen LogP contribution is 2.28. The molecule has 0 amide bonds. The summed E-state index contributed by atoms with van der Waals surface area (Å²) in [6.45, 7) is 2.13. The maximum absolute atomic E-state index is 10.8. The third-order valence-corrected chi connectivity index (χ3v) is 3.75. The fourth-order valence-corrected chi connectivity index (χ4v) is 2.57. The third-order valence-electron chi connectivity index (χ3n) is 3.75. The molecule has 1 aromatic carbocycles. The molecule has 0 saturated carbocycles. The molecule has 1 unspecified atom stereocenters. The van der Waals surface area contributed by atoms with Crippen LogP contribution in [0.5, 0.6) is 5.75 Å². The quantitative estimate of drug-likeness (QED) is 0.856. The summed E-state index contributed by atoms with van der Waals surface area (Å²) in [4.78, 5) is 13.2. The summed E-state index contributed by atoms with van der Waals surface area (Å²) in [6.07, 6.45) is 4.00. The van der Waals surface area contributed by atoms with Crippen molar-refractivity contribution in [2.75, 3.05) is 25.1 Å². The molecule has 1 heterocycles. The number of hydrogen-bond acceptors (Lipinski definition) is 4. The zero-order chi connectivity index (χ0) is 14.5. The number of nitrogens with two attached hydrogens (primary N) is 1. The van der Waals surface area contributed by atoms with Gasteiger partial charge in [-0.25, -0.2) is 0 Å². The average molecular weight is 278 g/mol.